The van der Waals surface area contributed by atoms with Gasteiger partial charge >= 0.3 is 0 Å². The molecule has 3 nitrogen and oxygen atoms in total. The monoisotopic (exact) mass is 278 g/mol. The van der Waals surface area contributed by atoms with Crippen LogP contribution in [0.4, 0.5) is 4.39 Å². The van der Waals surface area contributed by atoms with E-state index in [0.717, 1.165) is 44.3 Å². The molecule has 1 aromatic rings. The number of rotatable bonds is 5. The van der Waals surface area contributed by atoms with Crippen LogP contribution in [-0.2, 0) is 11.2 Å². The molecule has 0 saturated carbocycles. The van der Waals surface area contributed by atoms with Gasteiger partial charge in [0.2, 0.25) is 5.91 Å². The quantitative estimate of drug-likeness (QED) is 0.898. The Kier molecular flexibility index (Phi) is 5.53. The highest BCUT2D eigenvalue weighted by Crippen LogP contribution is 2.22. The Bertz CT molecular complexity index is 442. The second-order valence-electron chi connectivity index (χ2n) is 5.55. The normalized spacial score (nSPS) is 16.4. The molecule has 1 saturated heterocycles. The number of carbonyl (C=O) groups excluding carboxylic acids is 1. The van der Waals surface area contributed by atoms with E-state index in [0.29, 0.717) is 18.9 Å². The number of nitrogens with zero attached hydrogens (tertiary/aromatic N) is 1. The van der Waals surface area contributed by atoms with Crippen LogP contribution in [0.3, 0.4) is 0 Å². The van der Waals surface area contributed by atoms with Crippen molar-refractivity contribution in [2.45, 2.75) is 32.1 Å². The Morgan fingerprint density at radius 2 is 2.10 bits per heavy atom. The molecule has 1 heterocycles. The highest BCUT2D eigenvalue weighted by molar-refractivity contribution is 5.76. The Labute approximate surface area is 120 Å². The number of hydrogen-bond acceptors (Lipinski definition) is 2. The molecule has 1 fully saturated rings. The zero-order valence-corrected chi connectivity index (χ0v) is 11.9. The van der Waals surface area contributed by atoms with Gasteiger partial charge in [-0.25, -0.2) is 4.39 Å². The molecule has 20 heavy (non-hydrogen) atoms. The molecule has 110 valence electrons. The van der Waals surface area contributed by atoms with Gasteiger partial charge in [0.15, 0.2) is 0 Å². The summed E-state index contributed by atoms with van der Waals surface area (Å²) < 4.78 is 13.1. The molecule has 0 bridgehead atoms. The fraction of sp³-hybridized carbons (Fsp3) is 0.562. The van der Waals surface area contributed by atoms with Crippen LogP contribution < -0.4 is 5.73 Å². The third kappa shape index (κ3) is 4.30. The number of likely N-dealkylation sites (tertiary alicyclic amines) is 1. The summed E-state index contributed by atoms with van der Waals surface area (Å²) in [7, 11) is 0. The van der Waals surface area contributed by atoms with Crippen LogP contribution in [0.15, 0.2) is 24.3 Å². The second kappa shape index (κ2) is 7.39. The Morgan fingerprint density at radius 3 is 2.75 bits per heavy atom. The lowest BCUT2D eigenvalue weighted by Crippen LogP contribution is -2.39. The predicted molar refractivity (Wildman–Crippen MR) is 77.7 cm³/mol. The van der Waals surface area contributed by atoms with Gasteiger partial charge in [-0.2, -0.15) is 0 Å². The molecule has 0 spiro atoms. The highest BCUT2D eigenvalue weighted by atomic mass is 19.1. The zero-order valence-electron chi connectivity index (χ0n) is 11.9. The van der Waals surface area contributed by atoms with Crippen LogP contribution in [0.1, 0.15) is 31.2 Å². The highest BCUT2D eigenvalue weighted by Gasteiger charge is 2.22. The molecular formula is C16H23FN2O. The van der Waals surface area contributed by atoms with E-state index in [1.54, 1.807) is 12.1 Å². The van der Waals surface area contributed by atoms with Crippen molar-refractivity contribution in [3.63, 3.8) is 0 Å². The van der Waals surface area contributed by atoms with E-state index in [4.69, 9.17) is 5.73 Å². The molecule has 2 rings (SSSR count). The van der Waals surface area contributed by atoms with Gasteiger partial charge in [-0.15, -0.1) is 0 Å². The van der Waals surface area contributed by atoms with E-state index in [2.05, 4.69) is 0 Å². The smallest absolute Gasteiger partial charge is 0.222 e. The Hall–Kier alpha value is -1.42. The van der Waals surface area contributed by atoms with Crippen LogP contribution in [0.25, 0.3) is 0 Å². The van der Waals surface area contributed by atoms with E-state index in [1.165, 1.54) is 6.07 Å². The number of amides is 1. The number of piperidine rings is 1. The summed E-state index contributed by atoms with van der Waals surface area (Å²) in [5, 5.41) is 0. The van der Waals surface area contributed by atoms with Crippen molar-refractivity contribution in [2.75, 3.05) is 19.6 Å². The van der Waals surface area contributed by atoms with Crippen molar-refractivity contribution >= 4 is 5.91 Å². The number of carbonyl (C=O) groups is 1. The van der Waals surface area contributed by atoms with Crippen LogP contribution in [0.2, 0.25) is 0 Å². The van der Waals surface area contributed by atoms with Gasteiger partial charge in [-0.05, 0) is 55.8 Å². The van der Waals surface area contributed by atoms with E-state index in [9.17, 15) is 9.18 Å². The standard InChI is InChI=1S/C16H23FN2O/c17-15-4-1-3-14(12-15)11-13-6-9-19(10-7-13)16(20)5-2-8-18/h1,3-4,12-13H,2,5-11,18H2. The average molecular weight is 278 g/mol. The van der Waals surface area contributed by atoms with E-state index < -0.39 is 0 Å². The maximum absolute atomic E-state index is 13.1. The minimum absolute atomic E-state index is 0.170. The lowest BCUT2D eigenvalue weighted by molar-refractivity contribution is -0.132. The molecule has 0 radical (unpaired) electrons. The van der Waals surface area contributed by atoms with Crippen molar-refractivity contribution < 1.29 is 9.18 Å². The zero-order chi connectivity index (χ0) is 14.4. The molecule has 4 heteroatoms. The summed E-state index contributed by atoms with van der Waals surface area (Å²) in [6, 6.07) is 6.82. The van der Waals surface area contributed by atoms with Crippen LogP contribution in [-0.4, -0.2) is 30.4 Å². The fourth-order valence-corrected chi connectivity index (χ4v) is 2.80. The molecule has 0 atom stereocenters. The average Bonchev–Trinajstić information content (AvgIpc) is 2.45. The summed E-state index contributed by atoms with van der Waals surface area (Å²) in [5.41, 5.74) is 6.48. The number of nitrogens with two attached hydrogens (primary N) is 1. The lowest BCUT2D eigenvalue weighted by atomic mass is 9.90. The van der Waals surface area contributed by atoms with Gasteiger partial charge in [0.1, 0.15) is 5.82 Å². The SMILES string of the molecule is NCCCC(=O)N1CCC(Cc2cccc(F)c2)CC1. The van der Waals surface area contributed by atoms with Crippen LogP contribution in [0.5, 0.6) is 0 Å². The van der Waals surface area contributed by atoms with Gasteiger partial charge < -0.3 is 10.6 Å². The molecule has 0 unspecified atom stereocenters. The van der Waals surface area contributed by atoms with Crippen LogP contribution in [0, 0.1) is 11.7 Å². The molecule has 0 aliphatic carbocycles. The van der Waals surface area contributed by atoms with Crippen LogP contribution >= 0.6 is 0 Å². The van der Waals surface area contributed by atoms with Gasteiger partial charge in [0, 0.05) is 19.5 Å². The van der Waals surface area contributed by atoms with Gasteiger partial charge in [-0.1, -0.05) is 12.1 Å². The minimum Gasteiger partial charge on any atom is -0.343 e. The Balaban J connectivity index is 1.78. The third-order valence-corrected chi connectivity index (χ3v) is 3.98. The summed E-state index contributed by atoms with van der Waals surface area (Å²) in [5.74, 6) is 0.604. The molecule has 1 aliphatic heterocycles. The van der Waals surface area contributed by atoms with Crippen molar-refractivity contribution in [1.29, 1.82) is 0 Å². The molecule has 1 aromatic carbocycles. The summed E-state index contributed by atoms with van der Waals surface area (Å²) in [6.45, 7) is 2.22. The summed E-state index contributed by atoms with van der Waals surface area (Å²) in [4.78, 5) is 13.8. The van der Waals surface area contributed by atoms with Crippen molar-refractivity contribution in [1.82, 2.24) is 4.90 Å². The van der Waals surface area contributed by atoms with Gasteiger partial charge in [0.05, 0.1) is 0 Å². The lowest BCUT2D eigenvalue weighted by Gasteiger charge is -2.32. The maximum atomic E-state index is 13.1. The van der Waals surface area contributed by atoms with Gasteiger partial charge in [0.25, 0.3) is 0 Å². The Morgan fingerprint density at radius 1 is 1.35 bits per heavy atom. The van der Waals surface area contributed by atoms with Crippen molar-refractivity contribution in [2.24, 2.45) is 11.7 Å². The van der Waals surface area contributed by atoms with E-state index in [1.807, 2.05) is 11.0 Å². The molecule has 2 N–H and O–H groups in total. The van der Waals surface area contributed by atoms with Crippen molar-refractivity contribution in [3.8, 4) is 0 Å². The van der Waals surface area contributed by atoms with Crippen molar-refractivity contribution in [3.05, 3.63) is 35.6 Å². The van der Waals surface area contributed by atoms with Gasteiger partial charge in [-0.3, -0.25) is 4.79 Å². The molecule has 0 aromatic heterocycles. The van der Waals surface area contributed by atoms with E-state index in [-0.39, 0.29) is 11.7 Å². The topological polar surface area (TPSA) is 46.3 Å². The summed E-state index contributed by atoms with van der Waals surface area (Å²) in [6.07, 6.45) is 4.24. The third-order valence-electron chi connectivity index (χ3n) is 3.98. The maximum Gasteiger partial charge on any atom is 0.222 e. The number of hydrogen-bond donors (Lipinski definition) is 1. The largest absolute Gasteiger partial charge is 0.343 e. The first-order chi connectivity index (χ1) is 9.69. The fourth-order valence-electron chi connectivity index (χ4n) is 2.80. The minimum atomic E-state index is -0.170. The molecule has 1 amide bonds. The first-order valence-electron chi connectivity index (χ1n) is 7.41. The number of halogens is 1. The molecule has 1 aliphatic rings. The molecular weight excluding hydrogens is 255 g/mol. The second-order valence-corrected chi connectivity index (χ2v) is 5.55. The first-order valence-corrected chi connectivity index (χ1v) is 7.41. The summed E-state index contributed by atoms with van der Waals surface area (Å²) >= 11 is 0. The first kappa shape index (κ1) is 15.0. The van der Waals surface area contributed by atoms with E-state index >= 15 is 0 Å². The number of benzene rings is 1. The predicted octanol–water partition coefficient (Wildman–Crippen LogP) is 2.35.